The number of pyridine rings is 1. The van der Waals surface area contributed by atoms with E-state index < -0.39 is 74.8 Å². The molecule has 2 saturated heterocycles. The second-order valence-electron chi connectivity index (χ2n) is 18.0. The van der Waals surface area contributed by atoms with Crippen LogP contribution in [0.5, 0.6) is 11.6 Å². The fourth-order valence-electron chi connectivity index (χ4n) is 9.84. The predicted molar refractivity (Wildman–Crippen MR) is 238 cm³/mol. The standard InChI is InChI=1S/C47H58N6O11S/c1-2-32-22-23-47(32,44(56)51-65(60,61)34-20-21-34)50-41(54)38-28-33(29-53(38)43(55)39(49-45(57)58)31-15-8-9-16-31)64-42-36(18-5-3-4-12-30-13-6-7-14-30)40(35-17-10-11-19-37(35)48-42)62-26-24-52-25-27-63-46(52)59/h2-3,5,10-11,17,19,30-34,38-39,49H,1,4,6-9,12-16,18,20-21,24-29H2,(H,50,54)(H,51,56)(H,57,58). The van der Waals surface area contributed by atoms with Gasteiger partial charge < -0.3 is 39.8 Å². The molecule has 2 aromatic rings. The third-order valence-electron chi connectivity index (χ3n) is 13.6. The molecule has 0 spiro atoms. The molecule has 18 heteroatoms. The molecule has 1 aromatic carbocycles. The largest absolute Gasteiger partial charge is 0.491 e. The van der Waals surface area contributed by atoms with Gasteiger partial charge in [-0.15, -0.1) is 6.58 Å². The van der Waals surface area contributed by atoms with E-state index in [-0.39, 0.29) is 37.9 Å². The molecule has 3 heterocycles. The van der Waals surface area contributed by atoms with Crippen LogP contribution in [0.3, 0.4) is 0 Å². The molecule has 1 aromatic heterocycles. The summed E-state index contributed by atoms with van der Waals surface area (Å²) in [5.41, 5.74) is -0.807. The summed E-state index contributed by atoms with van der Waals surface area (Å²) >= 11 is 0. The molecular weight excluding hydrogens is 857 g/mol. The van der Waals surface area contributed by atoms with Gasteiger partial charge in [0.1, 0.15) is 37.2 Å². The number of fused-ring (bicyclic) bond motifs is 1. The molecule has 0 radical (unpaired) electrons. The molecule has 5 atom stereocenters. The first kappa shape index (κ1) is 45.7. The molecule has 5 fully saturated rings. The van der Waals surface area contributed by atoms with Crippen LogP contribution in [-0.2, 0) is 35.6 Å². The number of amides is 5. The lowest BCUT2D eigenvalue weighted by atomic mass is 9.76. The summed E-state index contributed by atoms with van der Waals surface area (Å²) in [6.07, 6.45) is 13.8. The molecule has 17 nitrogen and oxygen atoms in total. The summed E-state index contributed by atoms with van der Waals surface area (Å²) in [6, 6.07) is 4.98. The van der Waals surface area contributed by atoms with Gasteiger partial charge in [0.05, 0.1) is 41.9 Å². The predicted octanol–water partition coefficient (Wildman–Crippen LogP) is 4.59. The summed E-state index contributed by atoms with van der Waals surface area (Å²) in [5.74, 6) is 3.19. The summed E-state index contributed by atoms with van der Waals surface area (Å²) in [5, 5.41) is 15.0. The SMILES string of the molecule is C=CC1C#CC1(NC(=O)C1CC(Oc2nc3ccccc3c(OCCN3CCOC3=O)c2CC=CCCC2CCCC2)CN1C(=O)C(NC(=O)O)C1CCCC1)C(=O)NS(=O)(=O)C1CC1. The molecule has 3 saturated carbocycles. The molecule has 65 heavy (non-hydrogen) atoms. The average molecular weight is 915 g/mol. The number of sulfonamides is 1. The second-order valence-corrected chi connectivity index (χ2v) is 20.0. The third kappa shape index (κ3) is 10.2. The number of aromatic nitrogens is 1. The average Bonchev–Trinajstić information content (AvgIpc) is 3.64. The van der Waals surface area contributed by atoms with Crippen molar-refractivity contribution < 1.29 is 51.7 Å². The number of likely N-dealkylation sites (tertiary alicyclic amines) is 1. The van der Waals surface area contributed by atoms with Crippen LogP contribution in [0.15, 0.2) is 49.1 Å². The molecule has 4 N–H and O–H groups in total. The van der Waals surface area contributed by atoms with Gasteiger partial charge in [-0.1, -0.05) is 80.7 Å². The van der Waals surface area contributed by atoms with E-state index in [9.17, 15) is 37.5 Å². The number of nitrogens with one attached hydrogen (secondary N) is 3. The second kappa shape index (κ2) is 19.7. The lowest BCUT2D eigenvalue weighted by Gasteiger charge is -2.38. The Hall–Kier alpha value is -5.83. The maximum absolute atomic E-state index is 14.7. The van der Waals surface area contributed by atoms with Crippen molar-refractivity contribution in [3.8, 4) is 23.5 Å². The Kier molecular flexibility index (Phi) is 13.9. The fourth-order valence-corrected chi connectivity index (χ4v) is 11.2. The number of ether oxygens (including phenoxy) is 3. The zero-order chi connectivity index (χ0) is 45.7. The topological polar surface area (TPSA) is 223 Å². The molecule has 0 bridgehead atoms. The molecule has 2 aliphatic heterocycles. The molecular formula is C47H58N6O11S. The van der Waals surface area contributed by atoms with Crippen LogP contribution in [-0.4, -0.2) is 120 Å². The highest BCUT2D eigenvalue weighted by Crippen LogP contribution is 2.39. The zero-order valence-electron chi connectivity index (χ0n) is 36.5. The van der Waals surface area contributed by atoms with Crippen LogP contribution in [0.25, 0.3) is 10.9 Å². The molecule has 8 rings (SSSR count). The van der Waals surface area contributed by atoms with E-state index in [1.165, 1.54) is 36.7 Å². The number of hydrogen-bond acceptors (Lipinski definition) is 11. The quantitative estimate of drug-likeness (QED) is 0.106. The summed E-state index contributed by atoms with van der Waals surface area (Å²) in [6.45, 7) is 4.80. The van der Waals surface area contributed by atoms with Gasteiger partial charge in [-0.3, -0.25) is 14.4 Å². The lowest BCUT2D eigenvalue weighted by molar-refractivity contribution is -0.142. The highest BCUT2D eigenvalue weighted by atomic mass is 32.2. The van der Waals surface area contributed by atoms with Crippen LogP contribution >= 0.6 is 0 Å². The Morgan fingerprint density at radius 3 is 2.49 bits per heavy atom. The summed E-state index contributed by atoms with van der Waals surface area (Å²) in [7, 11) is -4.03. The van der Waals surface area contributed by atoms with Crippen LogP contribution in [0.1, 0.15) is 89.0 Å². The van der Waals surface area contributed by atoms with E-state index in [1.54, 1.807) is 4.90 Å². The van der Waals surface area contributed by atoms with Gasteiger partial charge in [0.15, 0.2) is 5.54 Å². The van der Waals surface area contributed by atoms with E-state index in [0.29, 0.717) is 68.0 Å². The number of rotatable bonds is 20. The number of carbonyl (C=O) groups is 5. The number of nitrogens with zero attached hydrogens (tertiary/aromatic N) is 3. The Balaban J connectivity index is 1.11. The minimum absolute atomic E-state index is 0.0925. The number of carbonyl (C=O) groups excluding carboxylic acids is 4. The van der Waals surface area contributed by atoms with Crippen LogP contribution in [0.2, 0.25) is 0 Å². The van der Waals surface area contributed by atoms with Gasteiger partial charge in [0.25, 0.3) is 5.91 Å². The Morgan fingerprint density at radius 2 is 1.82 bits per heavy atom. The van der Waals surface area contributed by atoms with Gasteiger partial charge in [-0.2, -0.15) is 0 Å². The fraction of sp³-hybridized carbons (Fsp3) is 0.574. The normalized spacial score (nSPS) is 24.9. The first-order valence-electron chi connectivity index (χ1n) is 23.0. The van der Waals surface area contributed by atoms with Crippen LogP contribution < -0.4 is 24.8 Å². The van der Waals surface area contributed by atoms with E-state index in [4.69, 9.17) is 19.2 Å². The highest BCUT2D eigenvalue weighted by Gasteiger charge is 2.54. The van der Waals surface area contributed by atoms with Crippen molar-refractivity contribution in [2.75, 3.05) is 32.8 Å². The number of allylic oxidation sites excluding steroid dienone is 2. The highest BCUT2D eigenvalue weighted by molar-refractivity contribution is 7.91. The number of para-hydroxylation sites is 1. The number of cyclic esters (lactones) is 1. The van der Waals surface area contributed by atoms with Crippen molar-refractivity contribution in [2.45, 2.75) is 119 Å². The number of carboxylic acid groups (broad SMARTS) is 1. The molecule has 4 aliphatic carbocycles. The van der Waals surface area contributed by atoms with Gasteiger partial charge >= 0.3 is 12.2 Å². The minimum atomic E-state index is -4.03. The summed E-state index contributed by atoms with van der Waals surface area (Å²) in [4.78, 5) is 75.3. The zero-order valence-corrected chi connectivity index (χ0v) is 37.3. The van der Waals surface area contributed by atoms with Crippen LogP contribution in [0.4, 0.5) is 9.59 Å². The lowest BCUT2D eigenvalue weighted by Crippen LogP contribution is -2.67. The van der Waals surface area contributed by atoms with E-state index in [2.05, 4.69) is 45.9 Å². The monoisotopic (exact) mass is 914 g/mol. The van der Waals surface area contributed by atoms with Gasteiger partial charge in [0, 0.05) is 11.8 Å². The van der Waals surface area contributed by atoms with Crippen molar-refractivity contribution >= 4 is 50.8 Å². The first-order valence-corrected chi connectivity index (χ1v) is 24.5. The van der Waals surface area contributed by atoms with Crippen molar-refractivity contribution in [2.24, 2.45) is 17.8 Å². The summed E-state index contributed by atoms with van der Waals surface area (Å²) < 4.78 is 46.3. The molecule has 348 valence electrons. The van der Waals surface area contributed by atoms with Gasteiger partial charge in [-0.05, 0) is 68.9 Å². The Labute approximate surface area is 379 Å². The number of hydrogen-bond donors (Lipinski definition) is 4. The van der Waals surface area contributed by atoms with Crippen molar-refractivity contribution in [3.63, 3.8) is 0 Å². The Morgan fingerprint density at radius 1 is 1.06 bits per heavy atom. The number of benzene rings is 1. The maximum atomic E-state index is 14.7. The van der Waals surface area contributed by atoms with Gasteiger partial charge in [-0.25, -0.2) is 27.7 Å². The van der Waals surface area contributed by atoms with Crippen molar-refractivity contribution in [1.29, 1.82) is 0 Å². The Bertz CT molecular complexity index is 2380. The molecule has 5 amide bonds. The molecule has 5 unspecified atom stereocenters. The van der Waals surface area contributed by atoms with E-state index in [0.717, 1.165) is 31.1 Å². The first-order chi connectivity index (χ1) is 31.4. The van der Waals surface area contributed by atoms with Crippen molar-refractivity contribution in [1.82, 2.24) is 30.1 Å². The van der Waals surface area contributed by atoms with Crippen LogP contribution in [0, 0.1) is 29.6 Å². The van der Waals surface area contributed by atoms with E-state index >= 15 is 0 Å². The third-order valence-corrected chi connectivity index (χ3v) is 15.4. The van der Waals surface area contributed by atoms with Gasteiger partial charge in [0.2, 0.25) is 27.7 Å². The van der Waals surface area contributed by atoms with Crippen molar-refractivity contribution in [3.05, 3.63) is 54.6 Å². The minimum Gasteiger partial charge on any atom is -0.491 e. The van der Waals surface area contributed by atoms with E-state index in [1.807, 2.05) is 24.3 Å². The molecule has 6 aliphatic rings. The smallest absolute Gasteiger partial charge is 0.410 e. The maximum Gasteiger partial charge on any atom is 0.410 e.